The number of phenols is 1. The first-order valence-electron chi connectivity index (χ1n) is 6.35. The highest BCUT2D eigenvalue weighted by molar-refractivity contribution is 5.30. The minimum Gasteiger partial charge on any atom is -0.503 e. The number of benzene rings is 1. The Balaban J connectivity index is 2.07. The van der Waals surface area contributed by atoms with Crippen molar-refractivity contribution in [1.82, 2.24) is 5.32 Å². The molecule has 0 saturated heterocycles. The molecule has 1 atom stereocenters. The van der Waals surface area contributed by atoms with Crippen LogP contribution in [0.2, 0.25) is 0 Å². The van der Waals surface area contributed by atoms with Crippen LogP contribution in [0, 0.1) is 25.5 Å². The Morgan fingerprint density at radius 3 is 2.30 bits per heavy atom. The third-order valence-electron chi connectivity index (χ3n) is 3.23. The Kier molecular flexibility index (Phi) is 4.09. The van der Waals surface area contributed by atoms with Crippen LogP contribution in [0.15, 0.2) is 22.6 Å². The molecule has 0 aliphatic carbocycles. The molecule has 2 N–H and O–H groups in total. The molecular formula is C15H17F2NO2. The molecule has 0 bridgehead atoms. The third kappa shape index (κ3) is 2.99. The normalized spacial score (nSPS) is 12.7. The molecule has 0 saturated carbocycles. The molecule has 0 aliphatic rings. The van der Waals surface area contributed by atoms with Crippen LogP contribution in [0.5, 0.6) is 5.75 Å². The fraction of sp³-hybridized carbons (Fsp3) is 0.333. The van der Waals surface area contributed by atoms with Gasteiger partial charge in [-0.2, -0.15) is 0 Å². The summed E-state index contributed by atoms with van der Waals surface area (Å²) in [5.41, 5.74) is 1.45. The topological polar surface area (TPSA) is 45.4 Å². The van der Waals surface area contributed by atoms with Crippen molar-refractivity contribution in [2.45, 2.75) is 33.4 Å². The first-order chi connectivity index (χ1) is 9.38. The maximum absolute atomic E-state index is 13.2. The maximum Gasteiger partial charge on any atom is 0.187 e. The number of phenolic OH excluding ortho intramolecular Hbond substituents is 1. The standard InChI is InChI=1S/C15H17F2NO2/c1-8-4-12(10(3)20-8)9(2)18-7-11-5-13(16)15(19)14(17)6-11/h4-6,9,18-19H,7H2,1-3H3. The number of aryl methyl sites for hydroxylation is 2. The highest BCUT2D eigenvalue weighted by Crippen LogP contribution is 2.23. The monoisotopic (exact) mass is 281 g/mol. The first-order valence-corrected chi connectivity index (χ1v) is 6.35. The average Bonchev–Trinajstić information content (AvgIpc) is 2.72. The zero-order valence-electron chi connectivity index (χ0n) is 11.6. The van der Waals surface area contributed by atoms with Gasteiger partial charge in [-0.25, -0.2) is 8.78 Å². The molecule has 1 unspecified atom stereocenters. The van der Waals surface area contributed by atoms with Gasteiger partial charge in [0.25, 0.3) is 0 Å². The number of aromatic hydroxyl groups is 1. The smallest absolute Gasteiger partial charge is 0.187 e. The molecule has 2 rings (SSSR count). The summed E-state index contributed by atoms with van der Waals surface area (Å²) in [6.07, 6.45) is 0. The Bertz CT molecular complexity index is 599. The highest BCUT2D eigenvalue weighted by Gasteiger charge is 2.14. The summed E-state index contributed by atoms with van der Waals surface area (Å²) in [6, 6.07) is 4.16. The van der Waals surface area contributed by atoms with E-state index in [0.717, 1.165) is 29.2 Å². The van der Waals surface area contributed by atoms with Gasteiger partial charge in [-0.15, -0.1) is 0 Å². The van der Waals surface area contributed by atoms with E-state index in [1.165, 1.54) is 0 Å². The molecule has 0 fully saturated rings. The predicted octanol–water partition coefficient (Wildman–Crippen LogP) is 3.73. The van der Waals surface area contributed by atoms with Gasteiger partial charge < -0.3 is 14.8 Å². The summed E-state index contributed by atoms with van der Waals surface area (Å²) in [4.78, 5) is 0. The second-order valence-corrected chi connectivity index (χ2v) is 4.88. The summed E-state index contributed by atoms with van der Waals surface area (Å²) in [5.74, 6) is -1.20. The van der Waals surface area contributed by atoms with Gasteiger partial charge in [-0.3, -0.25) is 0 Å². The van der Waals surface area contributed by atoms with Gasteiger partial charge in [-0.1, -0.05) is 0 Å². The van der Waals surface area contributed by atoms with Gasteiger partial charge in [0.2, 0.25) is 0 Å². The van der Waals surface area contributed by atoms with Crippen molar-refractivity contribution in [3.63, 3.8) is 0 Å². The number of halogens is 2. The van der Waals surface area contributed by atoms with Gasteiger partial charge in [-0.05, 0) is 44.5 Å². The molecule has 0 radical (unpaired) electrons. The summed E-state index contributed by atoms with van der Waals surface area (Å²) in [7, 11) is 0. The molecule has 1 aromatic carbocycles. The van der Waals surface area contributed by atoms with Crippen LogP contribution >= 0.6 is 0 Å². The molecular weight excluding hydrogens is 264 g/mol. The highest BCUT2D eigenvalue weighted by atomic mass is 19.1. The van der Waals surface area contributed by atoms with Crippen LogP contribution in [0.25, 0.3) is 0 Å². The zero-order valence-corrected chi connectivity index (χ0v) is 11.6. The Morgan fingerprint density at radius 2 is 1.80 bits per heavy atom. The fourth-order valence-electron chi connectivity index (χ4n) is 2.18. The maximum atomic E-state index is 13.2. The van der Waals surface area contributed by atoms with Gasteiger partial charge in [0.1, 0.15) is 11.5 Å². The molecule has 0 spiro atoms. The van der Waals surface area contributed by atoms with Crippen LogP contribution in [0.4, 0.5) is 8.78 Å². The molecule has 20 heavy (non-hydrogen) atoms. The predicted molar refractivity (Wildman–Crippen MR) is 71.5 cm³/mol. The molecule has 1 aromatic heterocycles. The Morgan fingerprint density at radius 1 is 1.20 bits per heavy atom. The van der Waals surface area contributed by atoms with E-state index in [0.29, 0.717) is 12.1 Å². The van der Waals surface area contributed by atoms with Crippen molar-refractivity contribution in [1.29, 1.82) is 0 Å². The second-order valence-electron chi connectivity index (χ2n) is 4.88. The SMILES string of the molecule is Cc1cc(C(C)NCc2cc(F)c(O)c(F)c2)c(C)o1. The lowest BCUT2D eigenvalue weighted by atomic mass is 10.1. The van der Waals surface area contributed by atoms with Gasteiger partial charge in [0.05, 0.1) is 0 Å². The lowest BCUT2D eigenvalue weighted by Gasteiger charge is -2.13. The summed E-state index contributed by atoms with van der Waals surface area (Å²) in [6.45, 7) is 5.98. The van der Waals surface area contributed by atoms with Crippen LogP contribution in [0.3, 0.4) is 0 Å². The lowest BCUT2D eigenvalue weighted by molar-refractivity contribution is 0.394. The molecule has 108 valence electrons. The van der Waals surface area contributed by atoms with E-state index < -0.39 is 17.4 Å². The van der Waals surface area contributed by atoms with E-state index in [9.17, 15) is 8.78 Å². The second kappa shape index (κ2) is 5.63. The van der Waals surface area contributed by atoms with Crippen LogP contribution in [-0.4, -0.2) is 5.11 Å². The number of hydrogen-bond acceptors (Lipinski definition) is 3. The van der Waals surface area contributed by atoms with Crippen molar-refractivity contribution in [2.24, 2.45) is 0 Å². The molecule has 3 nitrogen and oxygen atoms in total. The van der Waals surface area contributed by atoms with Crippen molar-refractivity contribution in [3.8, 4) is 5.75 Å². The summed E-state index contributed by atoms with van der Waals surface area (Å²) >= 11 is 0. The van der Waals surface area contributed by atoms with E-state index in [4.69, 9.17) is 9.52 Å². The number of furan rings is 1. The molecule has 2 aromatic rings. The number of hydrogen-bond donors (Lipinski definition) is 2. The quantitative estimate of drug-likeness (QED) is 0.897. The summed E-state index contributed by atoms with van der Waals surface area (Å²) in [5, 5.41) is 12.2. The zero-order chi connectivity index (χ0) is 14.9. The Hall–Kier alpha value is -1.88. The Labute approximate surface area is 116 Å². The van der Waals surface area contributed by atoms with E-state index in [2.05, 4.69) is 5.32 Å². The largest absolute Gasteiger partial charge is 0.503 e. The molecule has 5 heteroatoms. The van der Waals surface area contributed by atoms with Gasteiger partial charge >= 0.3 is 0 Å². The molecule has 1 heterocycles. The van der Waals surface area contributed by atoms with E-state index in [1.807, 2.05) is 26.8 Å². The van der Waals surface area contributed by atoms with Gasteiger partial charge in [0.15, 0.2) is 17.4 Å². The number of rotatable bonds is 4. The molecule has 0 aliphatic heterocycles. The van der Waals surface area contributed by atoms with Crippen molar-refractivity contribution >= 4 is 0 Å². The van der Waals surface area contributed by atoms with Gasteiger partial charge in [0, 0.05) is 18.2 Å². The first kappa shape index (κ1) is 14.5. The van der Waals surface area contributed by atoms with Crippen LogP contribution in [0.1, 0.15) is 35.6 Å². The van der Waals surface area contributed by atoms with Crippen molar-refractivity contribution in [2.75, 3.05) is 0 Å². The number of nitrogens with one attached hydrogen (secondary N) is 1. The van der Waals surface area contributed by atoms with E-state index in [1.54, 1.807) is 0 Å². The van der Waals surface area contributed by atoms with Crippen molar-refractivity contribution < 1.29 is 18.3 Å². The van der Waals surface area contributed by atoms with E-state index >= 15 is 0 Å². The minimum atomic E-state index is -0.954. The van der Waals surface area contributed by atoms with Crippen LogP contribution < -0.4 is 5.32 Å². The van der Waals surface area contributed by atoms with Crippen molar-refractivity contribution in [3.05, 3.63) is 52.5 Å². The summed E-state index contributed by atoms with van der Waals surface area (Å²) < 4.78 is 31.9. The van der Waals surface area contributed by atoms with Crippen LogP contribution in [-0.2, 0) is 6.54 Å². The average molecular weight is 281 g/mol. The third-order valence-corrected chi connectivity index (χ3v) is 3.23. The minimum absolute atomic E-state index is 0.00706. The fourth-order valence-corrected chi connectivity index (χ4v) is 2.18. The lowest BCUT2D eigenvalue weighted by Crippen LogP contribution is -2.18. The molecule has 0 amide bonds. The van der Waals surface area contributed by atoms with E-state index in [-0.39, 0.29) is 6.04 Å².